The average molecular weight is 315 g/mol. The highest BCUT2D eigenvalue weighted by Crippen LogP contribution is 2.14. The van der Waals surface area contributed by atoms with Crippen LogP contribution < -0.4 is 16.0 Å². The van der Waals surface area contributed by atoms with Gasteiger partial charge in [0, 0.05) is 31.3 Å². The molecule has 2 aromatic rings. The third-order valence-electron chi connectivity index (χ3n) is 2.88. The van der Waals surface area contributed by atoms with Crippen LogP contribution in [-0.2, 0) is 20.8 Å². The Balaban J connectivity index is 1.83. The Bertz CT molecular complexity index is 695. The molecular weight excluding hydrogens is 298 g/mol. The molecule has 23 heavy (non-hydrogen) atoms. The molecule has 0 atom stereocenters. The molecule has 0 saturated heterocycles. The van der Waals surface area contributed by atoms with Crippen molar-refractivity contribution >= 4 is 29.1 Å². The van der Waals surface area contributed by atoms with Gasteiger partial charge >= 0.3 is 11.8 Å². The summed E-state index contributed by atoms with van der Waals surface area (Å²) >= 11 is 0. The molecule has 3 amide bonds. The molecule has 0 saturated carbocycles. The van der Waals surface area contributed by atoms with E-state index in [1.54, 1.807) is 42.7 Å². The van der Waals surface area contributed by atoms with Gasteiger partial charge in [0.2, 0.25) is 5.91 Å². The van der Waals surface area contributed by atoms with Crippen molar-refractivity contribution in [3.8, 4) is 0 Å². The third-order valence-corrected chi connectivity index (χ3v) is 2.88. The molecule has 120 valence electrons. The quantitative estimate of drug-likeness (QED) is 0.728. The van der Waals surface area contributed by atoms with E-state index in [0.717, 1.165) is 5.76 Å². The lowest BCUT2D eigenvalue weighted by atomic mass is 10.2. The summed E-state index contributed by atoms with van der Waals surface area (Å²) in [6, 6.07) is 10.1. The van der Waals surface area contributed by atoms with Gasteiger partial charge in [-0.3, -0.25) is 14.4 Å². The minimum atomic E-state index is -0.774. The molecule has 3 N–H and O–H groups in total. The molecule has 0 unspecified atom stereocenters. The number of nitrogens with one attached hydrogen (secondary N) is 3. The van der Waals surface area contributed by atoms with Gasteiger partial charge in [-0.15, -0.1) is 0 Å². The van der Waals surface area contributed by atoms with Gasteiger partial charge in [-0.25, -0.2) is 0 Å². The van der Waals surface area contributed by atoms with Gasteiger partial charge in [0.25, 0.3) is 0 Å². The fourth-order valence-electron chi connectivity index (χ4n) is 1.90. The van der Waals surface area contributed by atoms with Gasteiger partial charge in [0.05, 0.1) is 6.26 Å². The summed E-state index contributed by atoms with van der Waals surface area (Å²) in [5, 5.41) is 7.58. The van der Waals surface area contributed by atoms with Gasteiger partial charge < -0.3 is 20.4 Å². The van der Waals surface area contributed by atoms with E-state index in [1.165, 1.54) is 6.92 Å². The molecule has 0 radical (unpaired) electrons. The highest BCUT2D eigenvalue weighted by atomic mass is 16.3. The molecule has 0 aliphatic rings. The van der Waals surface area contributed by atoms with Crippen LogP contribution in [0.25, 0.3) is 0 Å². The van der Waals surface area contributed by atoms with Crippen molar-refractivity contribution in [2.45, 2.75) is 13.3 Å². The van der Waals surface area contributed by atoms with Crippen LogP contribution in [0.5, 0.6) is 0 Å². The number of benzene rings is 1. The first-order valence-electron chi connectivity index (χ1n) is 7.04. The molecule has 7 nitrogen and oxygen atoms in total. The van der Waals surface area contributed by atoms with Crippen molar-refractivity contribution < 1.29 is 18.8 Å². The maximum absolute atomic E-state index is 11.8. The Morgan fingerprint density at radius 2 is 1.74 bits per heavy atom. The van der Waals surface area contributed by atoms with Crippen LogP contribution in [0.2, 0.25) is 0 Å². The zero-order valence-electron chi connectivity index (χ0n) is 12.6. The molecule has 0 bridgehead atoms. The molecule has 0 spiro atoms. The van der Waals surface area contributed by atoms with Crippen molar-refractivity contribution in [1.29, 1.82) is 0 Å². The third kappa shape index (κ3) is 5.31. The molecule has 0 fully saturated rings. The number of rotatable bonds is 5. The maximum atomic E-state index is 11.8. The van der Waals surface area contributed by atoms with Crippen molar-refractivity contribution in [3.63, 3.8) is 0 Å². The van der Waals surface area contributed by atoms with Crippen LogP contribution in [0.15, 0.2) is 47.1 Å². The van der Waals surface area contributed by atoms with E-state index in [9.17, 15) is 14.4 Å². The van der Waals surface area contributed by atoms with Crippen LogP contribution in [0, 0.1) is 0 Å². The van der Waals surface area contributed by atoms with Crippen molar-refractivity contribution in [1.82, 2.24) is 5.32 Å². The van der Waals surface area contributed by atoms with E-state index < -0.39 is 11.8 Å². The second kappa shape index (κ2) is 7.79. The molecule has 7 heteroatoms. The van der Waals surface area contributed by atoms with Gasteiger partial charge in [-0.1, -0.05) is 6.07 Å². The van der Waals surface area contributed by atoms with Gasteiger partial charge in [-0.05, 0) is 30.3 Å². The molecule has 1 heterocycles. The Hall–Kier alpha value is -3.09. The lowest BCUT2D eigenvalue weighted by Crippen LogP contribution is -2.36. The Labute approximate surface area is 133 Å². The van der Waals surface area contributed by atoms with E-state index in [0.29, 0.717) is 24.3 Å². The monoisotopic (exact) mass is 315 g/mol. The number of hydrogen-bond donors (Lipinski definition) is 3. The maximum Gasteiger partial charge on any atom is 0.313 e. The highest BCUT2D eigenvalue weighted by Gasteiger charge is 2.13. The minimum absolute atomic E-state index is 0.218. The fourth-order valence-corrected chi connectivity index (χ4v) is 1.90. The summed E-state index contributed by atoms with van der Waals surface area (Å²) in [6.07, 6.45) is 2.05. The highest BCUT2D eigenvalue weighted by molar-refractivity contribution is 6.39. The smallest absolute Gasteiger partial charge is 0.313 e. The topological polar surface area (TPSA) is 100 Å². The summed E-state index contributed by atoms with van der Waals surface area (Å²) in [4.78, 5) is 34.5. The largest absolute Gasteiger partial charge is 0.469 e. The second-order valence-corrected chi connectivity index (χ2v) is 4.80. The number of hydrogen-bond acceptors (Lipinski definition) is 4. The molecule has 2 rings (SSSR count). The average Bonchev–Trinajstić information content (AvgIpc) is 3.00. The molecule has 1 aromatic heterocycles. The first-order chi connectivity index (χ1) is 11.0. The zero-order valence-corrected chi connectivity index (χ0v) is 12.6. The van der Waals surface area contributed by atoms with Crippen molar-refractivity contribution in [3.05, 3.63) is 48.4 Å². The molecule has 0 aliphatic carbocycles. The SMILES string of the molecule is CC(=O)Nc1cccc(NC(=O)C(=O)NCCc2ccco2)c1. The van der Waals surface area contributed by atoms with Crippen molar-refractivity contribution in [2.75, 3.05) is 17.2 Å². The number of carbonyl (C=O) groups is 3. The number of anilines is 2. The normalized spacial score (nSPS) is 9.96. The number of amides is 3. The van der Waals surface area contributed by atoms with Crippen LogP contribution >= 0.6 is 0 Å². The van der Waals surface area contributed by atoms with Crippen LogP contribution in [0.1, 0.15) is 12.7 Å². The first kappa shape index (κ1) is 16.3. The minimum Gasteiger partial charge on any atom is -0.469 e. The summed E-state index contributed by atoms with van der Waals surface area (Å²) in [5.41, 5.74) is 0.955. The Kier molecular flexibility index (Phi) is 5.51. The number of furan rings is 1. The molecule has 0 aliphatic heterocycles. The summed E-state index contributed by atoms with van der Waals surface area (Å²) in [5.74, 6) is -0.997. The van der Waals surface area contributed by atoms with Gasteiger partial charge in [0.15, 0.2) is 0 Å². The first-order valence-corrected chi connectivity index (χ1v) is 7.04. The van der Waals surface area contributed by atoms with E-state index in [4.69, 9.17) is 4.42 Å². The molecular formula is C16H17N3O4. The standard InChI is InChI=1S/C16H17N3O4/c1-11(20)18-12-4-2-5-13(10-12)19-16(22)15(21)17-8-7-14-6-3-9-23-14/h2-6,9-10H,7-8H2,1H3,(H,17,21)(H,18,20)(H,19,22). The summed E-state index contributed by atoms with van der Waals surface area (Å²) in [7, 11) is 0. The lowest BCUT2D eigenvalue weighted by molar-refractivity contribution is -0.136. The molecule has 1 aromatic carbocycles. The van der Waals surface area contributed by atoms with E-state index >= 15 is 0 Å². The van der Waals surface area contributed by atoms with Crippen molar-refractivity contribution in [2.24, 2.45) is 0 Å². The predicted octanol–water partition coefficient (Wildman–Crippen LogP) is 1.54. The summed E-state index contributed by atoms with van der Waals surface area (Å²) in [6.45, 7) is 1.68. The summed E-state index contributed by atoms with van der Waals surface area (Å²) < 4.78 is 5.13. The van der Waals surface area contributed by atoms with Crippen LogP contribution in [0.3, 0.4) is 0 Å². The van der Waals surface area contributed by atoms with E-state index in [-0.39, 0.29) is 5.91 Å². The fraction of sp³-hybridized carbons (Fsp3) is 0.188. The van der Waals surface area contributed by atoms with Gasteiger partial charge in [-0.2, -0.15) is 0 Å². The predicted molar refractivity (Wildman–Crippen MR) is 84.8 cm³/mol. The Morgan fingerprint density at radius 1 is 1.00 bits per heavy atom. The van der Waals surface area contributed by atoms with Gasteiger partial charge in [0.1, 0.15) is 5.76 Å². The van der Waals surface area contributed by atoms with E-state index in [2.05, 4.69) is 16.0 Å². The number of carbonyl (C=O) groups excluding carboxylic acids is 3. The lowest BCUT2D eigenvalue weighted by Gasteiger charge is -2.08. The van der Waals surface area contributed by atoms with Crippen LogP contribution in [-0.4, -0.2) is 24.3 Å². The van der Waals surface area contributed by atoms with Crippen LogP contribution in [0.4, 0.5) is 11.4 Å². The van der Waals surface area contributed by atoms with E-state index in [1.807, 2.05) is 0 Å². The second-order valence-electron chi connectivity index (χ2n) is 4.80. The Morgan fingerprint density at radius 3 is 2.39 bits per heavy atom. The zero-order chi connectivity index (χ0) is 16.7.